The van der Waals surface area contributed by atoms with Crippen LogP contribution >= 0.6 is 0 Å². The number of nitrogens with one attached hydrogen (secondary N) is 1. The van der Waals surface area contributed by atoms with Crippen LogP contribution in [0.15, 0.2) is 23.1 Å². The van der Waals surface area contributed by atoms with E-state index in [-0.39, 0.29) is 42.0 Å². The lowest BCUT2D eigenvalue weighted by atomic mass is 9.97. The summed E-state index contributed by atoms with van der Waals surface area (Å²) in [5.74, 6) is -0.171. The highest BCUT2D eigenvalue weighted by Gasteiger charge is 2.38. The molecule has 10 nitrogen and oxygen atoms in total. The number of piperidine rings is 1. The Bertz CT molecular complexity index is 1210. The van der Waals surface area contributed by atoms with Crippen LogP contribution in [0.2, 0.25) is 0 Å². The summed E-state index contributed by atoms with van der Waals surface area (Å²) < 4.78 is 45.9. The zero-order chi connectivity index (χ0) is 25.9. The lowest BCUT2D eigenvalue weighted by Gasteiger charge is -2.31. The molecule has 0 spiro atoms. The second kappa shape index (κ2) is 10.7. The van der Waals surface area contributed by atoms with Crippen molar-refractivity contribution in [1.29, 1.82) is 0 Å². The normalized spacial score (nSPS) is 15.0. The third kappa shape index (κ3) is 5.15. The minimum Gasteiger partial charge on any atom is -0.497 e. The zero-order valence-corrected chi connectivity index (χ0v) is 21.8. The van der Waals surface area contributed by atoms with Crippen LogP contribution in [0.1, 0.15) is 41.5 Å². The summed E-state index contributed by atoms with van der Waals surface area (Å²) in [5, 5.41) is 2.87. The number of hydrogen-bond donors (Lipinski definition) is 1. The van der Waals surface area contributed by atoms with Crippen molar-refractivity contribution >= 4 is 27.6 Å². The smallest absolute Gasteiger partial charge is 0.341 e. The van der Waals surface area contributed by atoms with Crippen LogP contribution in [0.3, 0.4) is 0 Å². The fourth-order valence-corrected chi connectivity index (χ4v) is 6.26. The first kappa shape index (κ1) is 26.6. The molecule has 1 amide bonds. The lowest BCUT2D eigenvalue weighted by Crippen LogP contribution is -2.42. The number of ether oxygens (including phenoxy) is 3. The molecule has 1 aliphatic heterocycles. The van der Waals surface area contributed by atoms with Crippen LogP contribution in [0.25, 0.3) is 0 Å². The molecule has 1 aliphatic rings. The number of sulfonamides is 1. The van der Waals surface area contributed by atoms with E-state index in [0.717, 1.165) is 0 Å². The largest absolute Gasteiger partial charge is 0.497 e. The second-order valence-electron chi connectivity index (χ2n) is 8.39. The Morgan fingerprint density at radius 1 is 1.09 bits per heavy atom. The van der Waals surface area contributed by atoms with Crippen molar-refractivity contribution < 1.29 is 32.2 Å². The molecule has 0 radical (unpaired) electrons. The van der Waals surface area contributed by atoms with Gasteiger partial charge in [0, 0.05) is 43.5 Å². The van der Waals surface area contributed by atoms with Crippen molar-refractivity contribution in [2.75, 3.05) is 39.2 Å². The van der Waals surface area contributed by atoms with Crippen molar-refractivity contribution in [1.82, 2.24) is 8.87 Å². The summed E-state index contributed by atoms with van der Waals surface area (Å²) in [7, 11) is 0.793. The summed E-state index contributed by atoms with van der Waals surface area (Å²) in [6, 6.07) is 5.11. The number of carbonyl (C=O) groups excluding carboxylic acids is 2. The first-order chi connectivity index (χ1) is 16.6. The number of hydrogen-bond acceptors (Lipinski definition) is 7. The van der Waals surface area contributed by atoms with Gasteiger partial charge in [-0.2, -0.15) is 4.31 Å². The Balaban J connectivity index is 1.78. The van der Waals surface area contributed by atoms with Crippen molar-refractivity contribution in [3.05, 3.63) is 35.2 Å². The van der Waals surface area contributed by atoms with E-state index < -0.39 is 16.0 Å². The first-order valence-corrected chi connectivity index (χ1v) is 12.9. The average Bonchev–Trinajstić information content (AvgIpc) is 3.08. The molecule has 2 heterocycles. The molecule has 1 aromatic heterocycles. The number of aromatic nitrogens is 1. The van der Waals surface area contributed by atoms with Crippen molar-refractivity contribution in [2.24, 2.45) is 13.0 Å². The van der Waals surface area contributed by atoms with E-state index in [1.165, 1.54) is 18.5 Å². The molecule has 1 fully saturated rings. The van der Waals surface area contributed by atoms with Gasteiger partial charge in [-0.3, -0.25) is 4.79 Å². The molecule has 0 atom stereocenters. The van der Waals surface area contributed by atoms with E-state index in [0.29, 0.717) is 41.4 Å². The Morgan fingerprint density at radius 3 is 2.31 bits per heavy atom. The zero-order valence-electron chi connectivity index (χ0n) is 21.0. The number of carbonyl (C=O) groups is 2. The first-order valence-electron chi connectivity index (χ1n) is 11.4. The van der Waals surface area contributed by atoms with E-state index >= 15 is 0 Å². The van der Waals surface area contributed by atoms with E-state index in [2.05, 4.69) is 5.32 Å². The van der Waals surface area contributed by atoms with Crippen LogP contribution in [0, 0.1) is 19.8 Å². The standard InChI is InChI=1S/C24H33N3O7S/c1-7-34-24(29)21-15(2)26(4)16(3)22(21)35(30,31)27-12-10-17(11-13-27)23(28)25-19-14-18(32-5)8-9-20(19)33-6/h8-9,14,17H,7,10-13H2,1-6H3,(H,25,28). The van der Waals surface area contributed by atoms with Gasteiger partial charge in [-0.25, -0.2) is 13.2 Å². The maximum atomic E-state index is 13.6. The van der Waals surface area contributed by atoms with Gasteiger partial charge < -0.3 is 24.1 Å². The van der Waals surface area contributed by atoms with E-state index in [1.54, 1.807) is 50.6 Å². The Labute approximate surface area is 206 Å². The number of esters is 1. The number of rotatable bonds is 8. The monoisotopic (exact) mass is 507 g/mol. The number of amides is 1. The van der Waals surface area contributed by atoms with Crippen molar-refractivity contribution in [3.63, 3.8) is 0 Å². The quantitative estimate of drug-likeness (QED) is 0.546. The lowest BCUT2D eigenvalue weighted by molar-refractivity contribution is -0.120. The molecule has 1 saturated heterocycles. The van der Waals surface area contributed by atoms with Crippen LogP contribution < -0.4 is 14.8 Å². The van der Waals surface area contributed by atoms with Crippen LogP contribution in [-0.4, -0.2) is 63.1 Å². The number of benzene rings is 1. The van der Waals surface area contributed by atoms with Crippen molar-refractivity contribution in [3.8, 4) is 11.5 Å². The maximum Gasteiger partial charge on any atom is 0.341 e. The molecule has 0 aliphatic carbocycles. The van der Waals surface area contributed by atoms with E-state index in [9.17, 15) is 18.0 Å². The van der Waals surface area contributed by atoms with Gasteiger partial charge in [0.15, 0.2) is 0 Å². The predicted molar refractivity (Wildman–Crippen MR) is 131 cm³/mol. The molecule has 1 N–H and O–H groups in total. The minimum absolute atomic E-state index is 0.0278. The fraction of sp³-hybridized carbons (Fsp3) is 0.500. The SMILES string of the molecule is CCOC(=O)c1c(S(=O)(=O)N2CCC(C(=O)Nc3cc(OC)ccc3OC)CC2)c(C)n(C)c1C. The summed E-state index contributed by atoms with van der Waals surface area (Å²) >= 11 is 0. The molecule has 3 rings (SSSR count). The van der Waals surface area contributed by atoms with E-state index in [4.69, 9.17) is 14.2 Å². The molecule has 0 unspecified atom stereocenters. The summed E-state index contributed by atoms with van der Waals surface area (Å²) in [6.07, 6.45) is 0.688. The molecular formula is C24H33N3O7S. The number of nitrogens with zero attached hydrogens (tertiary/aromatic N) is 2. The van der Waals surface area contributed by atoms with Gasteiger partial charge in [-0.1, -0.05) is 0 Å². The molecule has 2 aromatic rings. The summed E-state index contributed by atoms with van der Waals surface area (Å²) in [6.45, 7) is 5.50. The number of anilines is 1. The van der Waals surface area contributed by atoms with Gasteiger partial charge in [-0.05, 0) is 45.7 Å². The maximum absolute atomic E-state index is 13.6. The molecule has 0 saturated carbocycles. The third-order valence-corrected chi connectivity index (χ3v) is 8.55. The molecule has 192 valence electrons. The van der Waals surface area contributed by atoms with Gasteiger partial charge in [0.1, 0.15) is 22.0 Å². The highest BCUT2D eigenvalue weighted by molar-refractivity contribution is 7.89. The second-order valence-corrected chi connectivity index (χ2v) is 10.3. The van der Waals surface area contributed by atoms with Crippen LogP contribution in [-0.2, 0) is 26.6 Å². The average molecular weight is 508 g/mol. The topological polar surface area (TPSA) is 116 Å². The molecule has 11 heteroatoms. The molecule has 0 bridgehead atoms. The van der Waals surface area contributed by atoms with Crippen LogP contribution in [0.5, 0.6) is 11.5 Å². The third-order valence-electron chi connectivity index (χ3n) is 6.49. The van der Waals surface area contributed by atoms with Gasteiger partial charge in [0.05, 0.1) is 26.5 Å². The van der Waals surface area contributed by atoms with E-state index in [1.807, 2.05) is 0 Å². The van der Waals surface area contributed by atoms with Crippen molar-refractivity contribution in [2.45, 2.75) is 38.5 Å². The van der Waals surface area contributed by atoms with Gasteiger partial charge >= 0.3 is 5.97 Å². The van der Waals surface area contributed by atoms with Gasteiger partial charge in [0.25, 0.3) is 0 Å². The summed E-state index contributed by atoms with van der Waals surface area (Å²) in [5.41, 5.74) is 1.55. The Hall–Kier alpha value is -3.05. The molecule has 35 heavy (non-hydrogen) atoms. The molecular weight excluding hydrogens is 474 g/mol. The highest BCUT2D eigenvalue weighted by Crippen LogP contribution is 2.33. The fourth-order valence-electron chi connectivity index (χ4n) is 4.31. The Kier molecular flexibility index (Phi) is 8.11. The van der Waals surface area contributed by atoms with Gasteiger partial charge in [0.2, 0.25) is 15.9 Å². The molecule has 1 aromatic carbocycles. The highest BCUT2D eigenvalue weighted by atomic mass is 32.2. The van der Waals surface area contributed by atoms with Crippen LogP contribution in [0.4, 0.5) is 5.69 Å². The van der Waals surface area contributed by atoms with Gasteiger partial charge in [-0.15, -0.1) is 0 Å². The Morgan fingerprint density at radius 2 is 1.74 bits per heavy atom. The number of methoxy groups -OCH3 is 2. The summed E-state index contributed by atoms with van der Waals surface area (Å²) in [4.78, 5) is 25.5. The predicted octanol–water partition coefficient (Wildman–Crippen LogP) is 2.88. The minimum atomic E-state index is -3.97.